The molecule has 2 N–H and O–H groups in total. The molecule has 1 rings (SSSR count). The number of piperidine rings is 1. The first kappa shape index (κ1) is 16.9. The van der Waals surface area contributed by atoms with Crippen LogP contribution in [0, 0.1) is 0 Å². The van der Waals surface area contributed by atoms with Crippen molar-refractivity contribution in [1.29, 1.82) is 0 Å². The van der Waals surface area contributed by atoms with Crippen LogP contribution in [0.4, 0.5) is 0 Å². The van der Waals surface area contributed by atoms with Crippen molar-refractivity contribution in [3.05, 3.63) is 0 Å². The third-order valence-electron chi connectivity index (χ3n) is 2.30. The Bertz CT molecular complexity index is 111. The second-order valence-electron chi connectivity index (χ2n) is 3.32. The van der Waals surface area contributed by atoms with Crippen LogP contribution in [0.15, 0.2) is 0 Å². The van der Waals surface area contributed by atoms with Gasteiger partial charge in [0.25, 0.3) is 0 Å². The van der Waals surface area contributed by atoms with Gasteiger partial charge in [-0.1, -0.05) is 0 Å². The average Bonchev–Trinajstić information content (AvgIpc) is 2.14. The predicted octanol–water partition coefficient (Wildman–Crippen LogP) is 1.21. The lowest BCUT2D eigenvalue weighted by Gasteiger charge is -2.23. The Labute approximate surface area is 99.2 Å². The van der Waals surface area contributed by atoms with Crippen LogP contribution in [0.25, 0.3) is 0 Å². The highest BCUT2D eigenvalue weighted by Crippen LogP contribution is 2.01. The maximum atomic E-state index is 4.98. The molecule has 0 saturated carbocycles. The first-order chi connectivity index (χ1) is 5.93. The van der Waals surface area contributed by atoms with Gasteiger partial charge in [-0.3, -0.25) is 0 Å². The highest BCUT2D eigenvalue weighted by atomic mass is 35.5. The van der Waals surface area contributed by atoms with Crippen molar-refractivity contribution in [2.75, 3.05) is 33.4 Å². The lowest BCUT2D eigenvalue weighted by atomic mass is 10.1. The molecule has 0 aliphatic carbocycles. The summed E-state index contributed by atoms with van der Waals surface area (Å²) >= 11 is 0. The summed E-state index contributed by atoms with van der Waals surface area (Å²) < 4.78 is 4.98. The van der Waals surface area contributed by atoms with Crippen LogP contribution in [0.2, 0.25) is 0 Å². The summed E-state index contributed by atoms with van der Waals surface area (Å²) in [5.41, 5.74) is 0. The predicted molar refractivity (Wildman–Crippen MR) is 64.9 cm³/mol. The van der Waals surface area contributed by atoms with Crippen molar-refractivity contribution in [2.45, 2.75) is 25.3 Å². The van der Waals surface area contributed by atoms with E-state index in [4.69, 9.17) is 4.74 Å². The van der Waals surface area contributed by atoms with Gasteiger partial charge in [-0.05, 0) is 38.9 Å². The van der Waals surface area contributed by atoms with Gasteiger partial charge in [0, 0.05) is 19.8 Å². The number of halogens is 2. The highest BCUT2D eigenvalue weighted by molar-refractivity contribution is 5.85. The van der Waals surface area contributed by atoms with Gasteiger partial charge in [-0.25, -0.2) is 0 Å². The maximum Gasteiger partial charge on any atom is 0.0474 e. The number of hydrogen-bond acceptors (Lipinski definition) is 3. The first-order valence-electron chi connectivity index (χ1n) is 4.86. The van der Waals surface area contributed by atoms with Gasteiger partial charge in [0.05, 0.1) is 0 Å². The number of rotatable bonds is 5. The maximum absolute atomic E-state index is 4.98. The Morgan fingerprint density at radius 3 is 2.50 bits per heavy atom. The molecular weight excluding hydrogens is 223 g/mol. The van der Waals surface area contributed by atoms with E-state index in [1.807, 2.05) is 0 Å². The Hall–Kier alpha value is 0.460. The van der Waals surface area contributed by atoms with Crippen molar-refractivity contribution >= 4 is 24.8 Å². The zero-order valence-corrected chi connectivity index (χ0v) is 10.4. The molecule has 1 aliphatic heterocycles. The lowest BCUT2D eigenvalue weighted by molar-refractivity contribution is 0.192. The summed E-state index contributed by atoms with van der Waals surface area (Å²) in [6.07, 6.45) is 3.67. The molecule has 5 heteroatoms. The first-order valence-corrected chi connectivity index (χ1v) is 4.86. The molecule has 1 saturated heterocycles. The minimum absolute atomic E-state index is 0. The van der Waals surface area contributed by atoms with E-state index in [1.54, 1.807) is 7.11 Å². The van der Waals surface area contributed by atoms with Crippen LogP contribution in [-0.4, -0.2) is 39.4 Å². The Morgan fingerprint density at radius 2 is 1.93 bits per heavy atom. The molecule has 0 bridgehead atoms. The van der Waals surface area contributed by atoms with E-state index in [0.717, 1.165) is 25.6 Å². The van der Waals surface area contributed by atoms with E-state index in [2.05, 4.69) is 10.6 Å². The van der Waals surface area contributed by atoms with Crippen molar-refractivity contribution in [2.24, 2.45) is 0 Å². The fourth-order valence-electron chi connectivity index (χ4n) is 1.55. The van der Waals surface area contributed by atoms with Crippen molar-refractivity contribution in [3.8, 4) is 0 Å². The van der Waals surface area contributed by atoms with Crippen molar-refractivity contribution in [1.82, 2.24) is 10.6 Å². The monoisotopic (exact) mass is 244 g/mol. The van der Waals surface area contributed by atoms with Crippen LogP contribution in [0.1, 0.15) is 19.3 Å². The van der Waals surface area contributed by atoms with E-state index in [1.165, 1.54) is 25.9 Å². The molecule has 0 radical (unpaired) electrons. The molecule has 1 fully saturated rings. The van der Waals surface area contributed by atoms with Gasteiger partial charge in [-0.15, -0.1) is 24.8 Å². The third kappa shape index (κ3) is 7.83. The van der Waals surface area contributed by atoms with Gasteiger partial charge in [-0.2, -0.15) is 0 Å². The van der Waals surface area contributed by atoms with E-state index >= 15 is 0 Å². The summed E-state index contributed by atoms with van der Waals surface area (Å²) in [6.45, 7) is 4.31. The largest absolute Gasteiger partial charge is 0.385 e. The Kier molecular flexibility index (Phi) is 13.9. The molecule has 3 nitrogen and oxygen atoms in total. The van der Waals surface area contributed by atoms with Gasteiger partial charge < -0.3 is 15.4 Å². The molecule has 0 amide bonds. The van der Waals surface area contributed by atoms with Gasteiger partial charge in [0.2, 0.25) is 0 Å². The molecule has 0 aromatic carbocycles. The van der Waals surface area contributed by atoms with Crippen LogP contribution in [-0.2, 0) is 4.74 Å². The lowest BCUT2D eigenvalue weighted by Crippen LogP contribution is -2.40. The zero-order chi connectivity index (χ0) is 8.65. The van der Waals surface area contributed by atoms with Crippen LogP contribution in [0.3, 0.4) is 0 Å². The van der Waals surface area contributed by atoms with E-state index < -0.39 is 0 Å². The number of hydrogen-bond donors (Lipinski definition) is 2. The van der Waals surface area contributed by atoms with Crippen LogP contribution < -0.4 is 10.6 Å². The standard InChI is InChI=1S/C9H20N2O.2ClH/c1-12-8-2-5-11-9-3-6-10-7-4-9;;/h9-11H,2-8H2,1H3;2*1H. The molecule has 1 aliphatic rings. The quantitative estimate of drug-likeness (QED) is 0.714. The molecule has 14 heavy (non-hydrogen) atoms. The number of nitrogens with one attached hydrogen (secondary N) is 2. The molecule has 0 unspecified atom stereocenters. The Morgan fingerprint density at radius 1 is 1.29 bits per heavy atom. The fourth-order valence-corrected chi connectivity index (χ4v) is 1.55. The summed E-state index contributed by atoms with van der Waals surface area (Å²) in [5.74, 6) is 0. The molecule has 0 aromatic rings. The summed E-state index contributed by atoms with van der Waals surface area (Å²) in [7, 11) is 1.75. The third-order valence-corrected chi connectivity index (χ3v) is 2.30. The van der Waals surface area contributed by atoms with E-state index in [-0.39, 0.29) is 24.8 Å². The average molecular weight is 245 g/mol. The van der Waals surface area contributed by atoms with Gasteiger partial charge in [0.1, 0.15) is 0 Å². The molecule has 0 spiro atoms. The summed E-state index contributed by atoms with van der Waals surface area (Å²) in [4.78, 5) is 0. The van der Waals surface area contributed by atoms with Crippen molar-refractivity contribution in [3.63, 3.8) is 0 Å². The minimum atomic E-state index is 0. The molecule has 0 atom stereocenters. The van der Waals surface area contributed by atoms with Gasteiger partial charge in [0.15, 0.2) is 0 Å². The minimum Gasteiger partial charge on any atom is -0.385 e. The topological polar surface area (TPSA) is 33.3 Å². The van der Waals surface area contributed by atoms with Crippen molar-refractivity contribution < 1.29 is 4.74 Å². The second-order valence-corrected chi connectivity index (χ2v) is 3.32. The molecular formula is C9H22Cl2N2O. The van der Waals surface area contributed by atoms with E-state index in [9.17, 15) is 0 Å². The van der Waals surface area contributed by atoms with E-state index in [0.29, 0.717) is 0 Å². The second kappa shape index (κ2) is 11.5. The normalized spacial score (nSPS) is 16.9. The van der Waals surface area contributed by atoms with Gasteiger partial charge >= 0.3 is 0 Å². The summed E-state index contributed by atoms with van der Waals surface area (Å²) in [6, 6.07) is 0.739. The number of methoxy groups -OCH3 is 1. The fraction of sp³-hybridized carbons (Fsp3) is 1.00. The smallest absolute Gasteiger partial charge is 0.0474 e. The summed E-state index contributed by atoms with van der Waals surface area (Å²) in [5, 5.41) is 6.89. The SMILES string of the molecule is COCCCNC1CCNCC1.Cl.Cl. The number of ether oxygens (including phenoxy) is 1. The molecule has 1 heterocycles. The zero-order valence-electron chi connectivity index (χ0n) is 8.75. The Balaban J connectivity index is 0. The molecule has 88 valence electrons. The molecule has 0 aromatic heterocycles. The highest BCUT2D eigenvalue weighted by Gasteiger charge is 2.10. The van der Waals surface area contributed by atoms with Crippen LogP contribution >= 0.6 is 24.8 Å². The van der Waals surface area contributed by atoms with Crippen LogP contribution in [0.5, 0.6) is 0 Å².